The number of ether oxygens (including phenoxy) is 1. The van der Waals surface area contributed by atoms with Gasteiger partial charge in [0.1, 0.15) is 5.75 Å². The van der Waals surface area contributed by atoms with Gasteiger partial charge < -0.3 is 20.9 Å². The Bertz CT molecular complexity index is 614. The van der Waals surface area contributed by atoms with E-state index in [2.05, 4.69) is 5.32 Å². The van der Waals surface area contributed by atoms with Gasteiger partial charge in [-0.25, -0.2) is 0 Å². The lowest BCUT2D eigenvalue weighted by Crippen LogP contribution is -2.20. The smallest absolute Gasteiger partial charge is 0.262 e. The number of hydrogen-bond acceptors (Lipinski definition) is 4. The van der Waals surface area contributed by atoms with Crippen LogP contribution in [0.3, 0.4) is 0 Å². The molecule has 4 N–H and O–H groups in total. The molecule has 0 bridgehead atoms. The zero-order valence-corrected chi connectivity index (χ0v) is 11.6. The van der Waals surface area contributed by atoms with Gasteiger partial charge in [-0.3, -0.25) is 4.79 Å². The van der Waals surface area contributed by atoms with Gasteiger partial charge in [-0.05, 0) is 36.2 Å². The molecule has 2 aromatic carbocycles. The normalized spacial score (nSPS) is 10.1. The summed E-state index contributed by atoms with van der Waals surface area (Å²) >= 11 is 0. The molecule has 0 aliphatic rings. The van der Waals surface area contributed by atoms with Crippen molar-refractivity contribution in [2.24, 2.45) is 0 Å². The number of carbonyl (C=O) groups is 1. The van der Waals surface area contributed by atoms with E-state index in [0.29, 0.717) is 23.5 Å². The Kier molecular flexibility index (Phi) is 5.17. The molecule has 0 atom stereocenters. The number of nitrogens with one attached hydrogen (secondary N) is 1. The van der Waals surface area contributed by atoms with Crippen LogP contribution in [0.25, 0.3) is 0 Å². The number of carbonyl (C=O) groups excluding carboxylic acids is 1. The van der Waals surface area contributed by atoms with Gasteiger partial charge >= 0.3 is 0 Å². The highest BCUT2D eigenvalue weighted by Crippen LogP contribution is 2.18. The summed E-state index contributed by atoms with van der Waals surface area (Å²) in [5.74, 6) is 0.341. The van der Waals surface area contributed by atoms with E-state index in [1.54, 1.807) is 30.3 Å². The molecule has 5 nitrogen and oxygen atoms in total. The Balaban J connectivity index is 1.92. The average molecular weight is 286 g/mol. The standard InChI is InChI=1S/C16H18N2O3/c17-13-5-3-6-14(10-13)18-16(20)11-21-15-7-2-1-4-12(15)8-9-19/h1-7,10,19H,8-9,11,17H2,(H,18,20). The Hall–Kier alpha value is -2.53. The monoisotopic (exact) mass is 286 g/mol. The predicted molar refractivity (Wildman–Crippen MR) is 82.2 cm³/mol. The molecule has 0 aromatic heterocycles. The van der Waals surface area contributed by atoms with Crippen LogP contribution in [0.4, 0.5) is 11.4 Å². The van der Waals surface area contributed by atoms with Crippen LogP contribution in [0.1, 0.15) is 5.56 Å². The SMILES string of the molecule is Nc1cccc(NC(=O)COc2ccccc2CCO)c1. The number of hydrogen-bond donors (Lipinski definition) is 3. The van der Waals surface area contributed by atoms with Crippen LogP contribution in [0.2, 0.25) is 0 Å². The van der Waals surface area contributed by atoms with Crippen molar-refractivity contribution < 1.29 is 14.6 Å². The number of aliphatic hydroxyl groups excluding tert-OH is 1. The summed E-state index contributed by atoms with van der Waals surface area (Å²) in [7, 11) is 0. The highest BCUT2D eigenvalue weighted by molar-refractivity contribution is 5.92. The second kappa shape index (κ2) is 7.31. The molecule has 5 heteroatoms. The van der Waals surface area contributed by atoms with E-state index in [1.165, 1.54) is 0 Å². The topological polar surface area (TPSA) is 84.6 Å². The van der Waals surface area contributed by atoms with E-state index in [-0.39, 0.29) is 19.1 Å². The molecule has 0 saturated heterocycles. The zero-order chi connectivity index (χ0) is 15.1. The average Bonchev–Trinajstić information content (AvgIpc) is 2.47. The van der Waals surface area contributed by atoms with Crippen LogP contribution in [-0.2, 0) is 11.2 Å². The van der Waals surface area contributed by atoms with Gasteiger partial charge in [-0.1, -0.05) is 24.3 Å². The maximum Gasteiger partial charge on any atom is 0.262 e. The largest absolute Gasteiger partial charge is 0.483 e. The van der Waals surface area contributed by atoms with Crippen molar-refractivity contribution in [3.63, 3.8) is 0 Å². The summed E-state index contributed by atoms with van der Waals surface area (Å²) in [6, 6.07) is 14.3. The van der Waals surface area contributed by atoms with Gasteiger partial charge in [-0.15, -0.1) is 0 Å². The number of rotatable bonds is 6. The van der Waals surface area contributed by atoms with Crippen molar-refractivity contribution in [1.82, 2.24) is 0 Å². The number of anilines is 2. The van der Waals surface area contributed by atoms with Gasteiger partial charge in [0, 0.05) is 18.0 Å². The van der Waals surface area contributed by atoms with Crippen LogP contribution in [-0.4, -0.2) is 24.2 Å². The predicted octanol–water partition coefficient (Wildman–Crippen LogP) is 1.82. The molecule has 0 radical (unpaired) electrons. The first kappa shape index (κ1) is 14.9. The summed E-state index contributed by atoms with van der Waals surface area (Å²) in [5.41, 5.74) is 7.74. The lowest BCUT2D eigenvalue weighted by molar-refractivity contribution is -0.118. The van der Waals surface area contributed by atoms with E-state index >= 15 is 0 Å². The number of benzene rings is 2. The first-order valence-electron chi connectivity index (χ1n) is 6.66. The molecule has 0 aliphatic heterocycles. The van der Waals surface area contributed by atoms with Crippen molar-refractivity contribution in [2.75, 3.05) is 24.3 Å². The van der Waals surface area contributed by atoms with Crippen LogP contribution in [0.15, 0.2) is 48.5 Å². The highest BCUT2D eigenvalue weighted by Gasteiger charge is 2.07. The quantitative estimate of drug-likeness (QED) is 0.707. The molecule has 0 unspecified atom stereocenters. The molecule has 2 aromatic rings. The van der Waals surface area contributed by atoms with Crippen LogP contribution >= 0.6 is 0 Å². The molecule has 0 saturated carbocycles. The van der Waals surface area contributed by atoms with Crippen LogP contribution in [0.5, 0.6) is 5.75 Å². The van der Waals surface area contributed by atoms with Gasteiger partial charge in [0.25, 0.3) is 5.91 Å². The third-order valence-corrected chi connectivity index (χ3v) is 2.88. The van der Waals surface area contributed by atoms with E-state index in [4.69, 9.17) is 15.6 Å². The van der Waals surface area contributed by atoms with E-state index in [0.717, 1.165) is 5.56 Å². The molecule has 0 heterocycles. The summed E-state index contributed by atoms with van der Waals surface area (Å²) in [5, 5.41) is 11.7. The van der Waals surface area contributed by atoms with E-state index < -0.39 is 0 Å². The Labute approximate surface area is 123 Å². The minimum Gasteiger partial charge on any atom is -0.483 e. The molecule has 0 aliphatic carbocycles. The van der Waals surface area contributed by atoms with Crippen molar-refractivity contribution >= 4 is 17.3 Å². The number of nitrogen functional groups attached to an aromatic ring is 1. The summed E-state index contributed by atoms with van der Waals surface area (Å²) in [6.45, 7) is -0.0624. The van der Waals surface area contributed by atoms with Crippen LogP contribution in [0, 0.1) is 0 Å². The Morgan fingerprint density at radius 3 is 2.76 bits per heavy atom. The number of aliphatic hydroxyl groups is 1. The van der Waals surface area contributed by atoms with Gasteiger partial charge in [0.15, 0.2) is 6.61 Å². The third kappa shape index (κ3) is 4.50. The molecule has 2 rings (SSSR count). The molecule has 1 amide bonds. The van der Waals surface area contributed by atoms with Gasteiger partial charge in [0.05, 0.1) is 0 Å². The molecule has 110 valence electrons. The molecule has 21 heavy (non-hydrogen) atoms. The lowest BCUT2D eigenvalue weighted by atomic mass is 10.1. The van der Waals surface area contributed by atoms with Gasteiger partial charge in [-0.2, -0.15) is 0 Å². The summed E-state index contributed by atoms with van der Waals surface area (Å²) in [6.07, 6.45) is 0.493. The number of amides is 1. The third-order valence-electron chi connectivity index (χ3n) is 2.88. The first-order valence-corrected chi connectivity index (χ1v) is 6.66. The Morgan fingerprint density at radius 2 is 2.00 bits per heavy atom. The van der Waals surface area contributed by atoms with Crippen molar-refractivity contribution in [2.45, 2.75) is 6.42 Å². The van der Waals surface area contributed by atoms with Crippen molar-refractivity contribution in [1.29, 1.82) is 0 Å². The fourth-order valence-electron chi connectivity index (χ4n) is 1.93. The molecule has 0 spiro atoms. The lowest BCUT2D eigenvalue weighted by Gasteiger charge is -2.11. The molecular weight excluding hydrogens is 268 g/mol. The fraction of sp³-hybridized carbons (Fsp3) is 0.188. The maximum atomic E-state index is 11.8. The van der Waals surface area contributed by atoms with Crippen molar-refractivity contribution in [3.8, 4) is 5.75 Å². The maximum absolute atomic E-state index is 11.8. The second-order valence-corrected chi connectivity index (χ2v) is 4.54. The Morgan fingerprint density at radius 1 is 1.19 bits per heavy atom. The van der Waals surface area contributed by atoms with E-state index in [1.807, 2.05) is 18.2 Å². The summed E-state index contributed by atoms with van der Waals surface area (Å²) < 4.78 is 5.50. The van der Waals surface area contributed by atoms with E-state index in [9.17, 15) is 4.79 Å². The fourth-order valence-corrected chi connectivity index (χ4v) is 1.93. The summed E-state index contributed by atoms with van der Waals surface area (Å²) in [4.78, 5) is 11.8. The minimum absolute atomic E-state index is 0.0376. The van der Waals surface area contributed by atoms with Crippen LogP contribution < -0.4 is 15.8 Å². The second-order valence-electron chi connectivity index (χ2n) is 4.54. The minimum atomic E-state index is -0.264. The molecule has 0 fully saturated rings. The van der Waals surface area contributed by atoms with Crippen molar-refractivity contribution in [3.05, 3.63) is 54.1 Å². The zero-order valence-electron chi connectivity index (χ0n) is 11.6. The van der Waals surface area contributed by atoms with Gasteiger partial charge in [0.2, 0.25) is 0 Å². The number of nitrogens with two attached hydrogens (primary N) is 1. The highest BCUT2D eigenvalue weighted by atomic mass is 16.5. The first-order chi connectivity index (χ1) is 10.2. The number of para-hydroxylation sites is 1. The molecular formula is C16H18N2O3.